The maximum Gasteiger partial charge on any atom is 0.222 e. The Kier molecular flexibility index (Phi) is 1.92. The maximum atomic E-state index is 5.58. The number of hydrogen-bond acceptors (Lipinski definition) is 4. The van der Waals surface area contributed by atoms with Gasteiger partial charge in [0.05, 0.1) is 5.69 Å². The molecular formula is C11H13N5. The molecule has 1 aliphatic rings. The van der Waals surface area contributed by atoms with Gasteiger partial charge in [0.2, 0.25) is 5.95 Å². The van der Waals surface area contributed by atoms with Crippen molar-refractivity contribution in [1.82, 2.24) is 19.7 Å². The standard InChI is InChI=1S/C11H13N5/c1-7-6-13-11(12)14-10(7)16-5-4-9(15-16)8-2-3-8/h4-6,8H,2-3H2,1H3,(H2,12,13,14). The van der Waals surface area contributed by atoms with Crippen LogP contribution in [0, 0.1) is 6.92 Å². The Balaban J connectivity index is 2.03. The minimum absolute atomic E-state index is 0.282. The molecule has 82 valence electrons. The fourth-order valence-corrected chi connectivity index (χ4v) is 1.73. The highest BCUT2D eigenvalue weighted by atomic mass is 15.3. The SMILES string of the molecule is Cc1cnc(N)nc1-n1ccc(C2CC2)n1. The van der Waals surface area contributed by atoms with E-state index in [-0.39, 0.29) is 5.95 Å². The van der Waals surface area contributed by atoms with E-state index in [0.29, 0.717) is 5.92 Å². The Hall–Kier alpha value is -1.91. The minimum Gasteiger partial charge on any atom is -0.368 e. The average molecular weight is 215 g/mol. The molecule has 5 nitrogen and oxygen atoms in total. The summed E-state index contributed by atoms with van der Waals surface area (Å²) in [5, 5.41) is 4.52. The molecule has 0 radical (unpaired) electrons. The second-order valence-electron chi connectivity index (χ2n) is 4.19. The lowest BCUT2D eigenvalue weighted by molar-refractivity contribution is 0.802. The molecule has 5 heteroatoms. The van der Waals surface area contributed by atoms with Crippen molar-refractivity contribution >= 4 is 5.95 Å². The molecule has 0 atom stereocenters. The predicted molar refractivity (Wildman–Crippen MR) is 60.3 cm³/mol. The van der Waals surface area contributed by atoms with Crippen LogP contribution in [-0.4, -0.2) is 19.7 Å². The van der Waals surface area contributed by atoms with Gasteiger partial charge < -0.3 is 5.73 Å². The van der Waals surface area contributed by atoms with Gasteiger partial charge in [-0.1, -0.05) is 0 Å². The number of nitrogen functional groups attached to an aromatic ring is 1. The van der Waals surface area contributed by atoms with E-state index in [4.69, 9.17) is 5.73 Å². The van der Waals surface area contributed by atoms with Crippen molar-refractivity contribution in [2.24, 2.45) is 0 Å². The molecule has 3 rings (SSSR count). The first kappa shape index (κ1) is 9.33. The van der Waals surface area contributed by atoms with Gasteiger partial charge in [0, 0.05) is 23.9 Å². The maximum absolute atomic E-state index is 5.58. The van der Waals surface area contributed by atoms with Crippen molar-refractivity contribution in [3.63, 3.8) is 0 Å². The first-order valence-corrected chi connectivity index (χ1v) is 5.39. The molecule has 2 aromatic rings. The first-order chi connectivity index (χ1) is 7.74. The van der Waals surface area contributed by atoms with Crippen LogP contribution in [0.2, 0.25) is 0 Å². The molecular weight excluding hydrogens is 202 g/mol. The fraction of sp³-hybridized carbons (Fsp3) is 0.364. The van der Waals surface area contributed by atoms with Crippen molar-refractivity contribution in [3.05, 3.63) is 29.7 Å². The van der Waals surface area contributed by atoms with E-state index in [1.165, 1.54) is 12.8 Å². The smallest absolute Gasteiger partial charge is 0.222 e. The largest absolute Gasteiger partial charge is 0.368 e. The van der Waals surface area contributed by atoms with Gasteiger partial charge in [0.25, 0.3) is 0 Å². The fourth-order valence-electron chi connectivity index (χ4n) is 1.73. The highest BCUT2D eigenvalue weighted by Gasteiger charge is 2.26. The quantitative estimate of drug-likeness (QED) is 0.822. The first-order valence-electron chi connectivity index (χ1n) is 5.39. The summed E-state index contributed by atoms with van der Waals surface area (Å²) in [6, 6.07) is 2.05. The zero-order valence-corrected chi connectivity index (χ0v) is 9.09. The Morgan fingerprint density at radius 1 is 1.44 bits per heavy atom. The van der Waals surface area contributed by atoms with E-state index in [2.05, 4.69) is 21.1 Å². The predicted octanol–water partition coefficient (Wildman–Crippen LogP) is 1.43. The van der Waals surface area contributed by atoms with Gasteiger partial charge in [-0.15, -0.1) is 0 Å². The molecule has 2 heterocycles. The third-order valence-electron chi connectivity index (χ3n) is 2.79. The Morgan fingerprint density at radius 3 is 3.00 bits per heavy atom. The van der Waals surface area contributed by atoms with Crippen molar-refractivity contribution in [2.75, 3.05) is 5.73 Å². The third kappa shape index (κ3) is 1.54. The summed E-state index contributed by atoms with van der Waals surface area (Å²) < 4.78 is 1.78. The van der Waals surface area contributed by atoms with Crippen LogP contribution >= 0.6 is 0 Å². The lowest BCUT2D eigenvalue weighted by Gasteiger charge is -2.04. The average Bonchev–Trinajstić information content (AvgIpc) is 3.01. The highest BCUT2D eigenvalue weighted by molar-refractivity contribution is 5.35. The topological polar surface area (TPSA) is 69.6 Å². The van der Waals surface area contributed by atoms with Crippen LogP contribution in [0.25, 0.3) is 5.82 Å². The molecule has 0 aromatic carbocycles. The molecule has 0 bridgehead atoms. The molecule has 0 aliphatic heterocycles. The second-order valence-corrected chi connectivity index (χ2v) is 4.19. The summed E-state index contributed by atoms with van der Waals surface area (Å²) in [5.74, 6) is 1.70. The van der Waals surface area contributed by atoms with Gasteiger partial charge in [-0.2, -0.15) is 10.1 Å². The zero-order chi connectivity index (χ0) is 11.1. The summed E-state index contributed by atoms with van der Waals surface area (Å²) in [6.45, 7) is 1.95. The van der Waals surface area contributed by atoms with Crippen molar-refractivity contribution < 1.29 is 0 Å². The number of anilines is 1. The van der Waals surface area contributed by atoms with Gasteiger partial charge in [-0.3, -0.25) is 0 Å². The van der Waals surface area contributed by atoms with Gasteiger partial charge in [-0.05, 0) is 25.8 Å². The van der Waals surface area contributed by atoms with Gasteiger partial charge in [0.1, 0.15) is 0 Å². The molecule has 0 unspecified atom stereocenters. The van der Waals surface area contributed by atoms with Crippen LogP contribution in [0.1, 0.15) is 30.0 Å². The molecule has 0 saturated heterocycles. The summed E-state index contributed by atoms with van der Waals surface area (Å²) in [7, 11) is 0. The molecule has 0 amide bonds. The van der Waals surface area contributed by atoms with Crippen LogP contribution in [0.5, 0.6) is 0 Å². The highest BCUT2D eigenvalue weighted by Crippen LogP contribution is 2.39. The summed E-state index contributed by atoms with van der Waals surface area (Å²) in [5.41, 5.74) is 7.70. The number of nitrogens with zero attached hydrogens (tertiary/aromatic N) is 4. The Labute approximate surface area is 93.3 Å². The zero-order valence-electron chi connectivity index (χ0n) is 9.09. The van der Waals surface area contributed by atoms with E-state index in [0.717, 1.165) is 17.1 Å². The van der Waals surface area contributed by atoms with Gasteiger partial charge in [-0.25, -0.2) is 9.67 Å². The molecule has 2 N–H and O–H groups in total. The normalized spacial score (nSPS) is 15.3. The van der Waals surface area contributed by atoms with Crippen LogP contribution < -0.4 is 5.73 Å². The minimum atomic E-state index is 0.282. The van der Waals surface area contributed by atoms with E-state index < -0.39 is 0 Å². The lowest BCUT2D eigenvalue weighted by Crippen LogP contribution is -2.05. The lowest BCUT2D eigenvalue weighted by atomic mass is 10.3. The van der Waals surface area contributed by atoms with Crippen LogP contribution in [-0.2, 0) is 0 Å². The third-order valence-corrected chi connectivity index (χ3v) is 2.79. The van der Waals surface area contributed by atoms with Crippen molar-refractivity contribution in [1.29, 1.82) is 0 Å². The molecule has 2 aromatic heterocycles. The molecule has 1 fully saturated rings. The van der Waals surface area contributed by atoms with Gasteiger partial charge in [0.15, 0.2) is 5.82 Å². The summed E-state index contributed by atoms with van der Waals surface area (Å²) >= 11 is 0. The van der Waals surface area contributed by atoms with Gasteiger partial charge >= 0.3 is 0 Å². The van der Waals surface area contributed by atoms with Crippen molar-refractivity contribution in [3.8, 4) is 5.82 Å². The summed E-state index contributed by atoms with van der Waals surface area (Å²) in [4.78, 5) is 8.15. The van der Waals surface area contributed by atoms with E-state index in [1.54, 1.807) is 10.9 Å². The monoisotopic (exact) mass is 215 g/mol. The number of hydrogen-bond donors (Lipinski definition) is 1. The van der Waals surface area contributed by atoms with Crippen LogP contribution in [0.4, 0.5) is 5.95 Å². The molecule has 1 saturated carbocycles. The van der Waals surface area contributed by atoms with E-state index in [9.17, 15) is 0 Å². The number of nitrogens with two attached hydrogens (primary N) is 1. The molecule has 1 aliphatic carbocycles. The van der Waals surface area contributed by atoms with Crippen LogP contribution in [0.15, 0.2) is 18.5 Å². The van der Waals surface area contributed by atoms with E-state index in [1.807, 2.05) is 13.1 Å². The Bertz CT molecular complexity index is 527. The van der Waals surface area contributed by atoms with Crippen LogP contribution in [0.3, 0.4) is 0 Å². The number of rotatable bonds is 2. The number of aromatic nitrogens is 4. The van der Waals surface area contributed by atoms with E-state index >= 15 is 0 Å². The molecule has 0 spiro atoms. The number of aryl methyl sites for hydroxylation is 1. The second kappa shape index (κ2) is 3.30. The Morgan fingerprint density at radius 2 is 2.25 bits per heavy atom. The van der Waals surface area contributed by atoms with Crippen molar-refractivity contribution in [2.45, 2.75) is 25.7 Å². The molecule has 16 heavy (non-hydrogen) atoms. The summed E-state index contributed by atoms with van der Waals surface area (Å²) in [6.07, 6.45) is 6.16.